The normalized spacial score (nSPS) is 20.1. The molecule has 0 radical (unpaired) electrons. The minimum atomic E-state index is 0.378. The van der Waals surface area contributed by atoms with Crippen molar-refractivity contribution in [2.45, 2.75) is 71.0 Å². The number of piperidine rings is 1. The van der Waals surface area contributed by atoms with Crippen molar-refractivity contribution in [1.29, 1.82) is 0 Å². The summed E-state index contributed by atoms with van der Waals surface area (Å²) in [6, 6.07) is 22.6. The molecule has 2 heterocycles. The molecule has 6 rings (SSSR count). The van der Waals surface area contributed by atoms with Gasteiger partial charge in [0.15, 0.2) is 0 Å². The Bertz CT molecular complexity index is 1410. The second-order valence-electron chi connectivity index (χ2n) is 10.8. The van der Waals surface area contributed by atoms with Crippen molar-refractivity contribution in [3.63, 3.8) is 0 Å². The molecule has 2 aliphatic rings. The first kappa shape index (κ1) is 24.4. The number of nitrogens with zero attached hydrogens (tertiary/aromatic N) is 3. The minimum absolute atomic E-state index is 0.378. The lowest BCUT2D eigenvalue weighted by atomic mass is 9.86. The number of anilines is 1. The Kier molecular flexibility index (Phi) is 6.88. The number of fused-ring (bicyclic) bond motifs is 2. The van der Waals surface area contributed by atoms with Crippen LogP contribution in [0.3, 0.4) is 0 Å². The third kappa shape index (κ3) is 5.23. The monoisotopic (exact) mass is 510 g/mol. The number of halogens is 1. The Labute approximate surface area is 225 Å². The fourth-order valence-electron chi connectivity index (χ4n) is 6.16. The maximum absolute atomic E-state index is 6.05. The van der Waals surface area contributed by atoms with Crippen LogP contribution >= 0.6 is 11.6 Å². The van der Waals surface area contributed by atoms with Gasteiger partial charge in [-0.3, -0.25) is 4.90 Å². The lowest BCUT2D eigenvalue weighted by molar-refractivity contribution is 0.144. The van der Waals surface area contributed by atoms with Gasteiger partial charge < -0.3 is 5.32 Å². The van der Waals surface area contributed by atoms with Crippen molar-refractivity contribution < 1.29 is 0 Å². The van der Waals surface area contributed by atoms with Crippen molar-refractivity contribution in [1.82, 2.24) is 14.9 Å². The summed E-state index contributed by atoms with van der Waals surface area (Å²) in [6.45, 7) is 6.44. The summed E-state index contributed by atoms with van der Waals surface area (Å²) in [5, 5.41) is 5.59. The van der Waals surface area contributed by atoms with Gasteiger partial charge in [0.05, 0.1) is 11.2 Å². The van der Waals surface area contributed by atoms with Gasteiger partial charge in [-0.2, -0.15) is 0 Å². The number of aromatic nitrogens is 2. The standard InChI is InChI=1S/C32H35ClN4/c1-21-18-27(16-17-37(21)20-23-10-13-26(33)14-11-23)35-32-34-22(2)30-19-25(12-15-31(30)36-32)29-9-5-7-24-6-3-4-8-28(24)29/h5,7,9-15,19,21,27H,3-4,6,8,16-18,20H2,1-2H3,(H,34,35,36)/t21-,27-/m0/s1. The topological polar surface area (TPSA) is 41.1 Å². The van der Waals surface area contributed by atoms with Gasteiger partial charge in [0.2, 0.25) is 5.95 Å². The highest BCUT2D eigenvalue weighted by Crippen LogP contribution is 2.33. The van der Waals surface area contributed by atoms with Gasteiger partial charge in [-0.05, 0) is 104 Å². The molecule has 1 N–H and O–H groups in total. The van der Waals surface area contributed by atoms with E-state index in [1.807, 2.05) is 12.1 Å². The van der Waals surface area contributed by atoms with Crippen LogP contribution in [0.15, 0.2) is 60.7 Å². The molecule has 2 atom stereocenters. The molecule has 37 heavy (non-hydrogen) atoms. The molecule has 1 saturated heterocycles. The fourth-order valence-corrected chi connectivity index (χ4v) is 6.28. The fraction of sp³-hybridized carbons (Fsp3) is 0.375. The molecule has 1 aliphatic carbocycles. The molecule has 5 heteroatoms. The Morgan fingerprint density at radius 1 is 1.00 bits per heavy atom. The molecule has 0 saturated carbocycles. The summed E-state index contributed by atoms with van der Waals surface area (Å²) >= 11 is 6.05. The zero-order chi connectivity index (χ0) is 25.4. The molecule has 0 amide bonds. The molecule has 4 nitrogen and oxygen atoms in total. The predicted octanol–water partition coefficient (Wildman–Crippen LogP) is 7.60. The molecule has 0 spiro atoms. The maximum Gasteiger partial charge on any atom is 0.223 e. The van der Waals surface area contributed by atoms with Gasteiger partial charge in [0, 0.05) is 35.6 Å². The van der Waals surface area contributed by atoms with E-state index in [0.717, 1.165) is 53.5 Å². The summed E-state index contributed by atoms with van der Waals surface area (Å²) in [5.74, 6) is 0.748. The van der Waals surface area contributed by atoms with Crippen molar-refractivity contribution in [2.24, 2.45) is 0 Å². The first-order valence-corrected chi connectivity index (χ1v) is 14.1. The highest BCUT2D eigenvalue weighted by molar-refractivity contribution is 6.30. The number of hydrogen-bond acceptors (Lipinski definition) is 4. The average Bonchev–Trinajstić information content (AvgIpc) is 2.91. The van der Waals surface area contributed by atoms with Crippen LogP contribution in [0.1, 0.15) is 55.0 Å². The first-order chi connectivity index (χ1) is 18.0. The predicted molar refractivity (Wildman–Crippen MR) is 154 cm³/mol. The van der Waals surface area contributed by atoms with Crippen LogP contribution in [0.4, 0.5) is 5.95 Å². The summed E-state index contributed by atoms with van der Waals surface area (Å²) in [7, 11) is 0. The molecule has 1 fully saturated rings. The summed E-state index contributed by atoms with van der Waals surface area (Å²) in [4.78, 5) is 12.4. The second-order valence-corrected chi connectivity index (χ2v) is 11.3. The van der Waals surface area contributed by atoms with E-state index < -0.39 is 0 Å². The lowest BCUT2D eigenvalue weighted by Gasteiger charge is -2.38. The maximum atomic E-state index is 6.05. The van der Waals surface area contributed by atoms with Gasteiger partial charge in [-0.1, -0.05) is 48.0 Å². The molecule has 3 aromatic carbocycles. The van der Waals surface area contributed by atoms with Gasteiger partial charge in [0.1, 0.15) is 0 Å². The van der Waals surface area contributed by atoms with Crippen LogP contribution in [0.2, 0.25) is 5.02 Å². The van der Waals surface area contributed by atoms with Gasteiger partial charge >= 0.3 is 0 Å². The van der Waals surface area contributed by atoms with Gasteiger partial charge in [0.25, 0.3) is 0 Å². The quantitative estimate of drug-likeness (QED) is 0.300. The Morgan fingerprint density at radius 2 is 1.84 bits per heavy atom. The SMILES string of the molecule is Cc1nc(N[C@H]2CCN(Cc3ccc(Cl)cc3)[C@@H](C)C2)nc2ccc(-c3cccc4c3CCCC4)cc12. The molecule has 0 bridgehead atoms. The smallest absolute Gasteiger partial charge is 0.223 e. The van der Waals surface area contributed by atoms with Crippen molar-refractivity contribution in [3.05, 3.63) is 88.1 Å². The molecule has 1 aromatic heterocycles. The average molecular weight is 511 g/mol. The first-order valence-electron chi connectivity index (χ1n) is 13.7. The van der Waals surface area contributed by atoms with E-state index in [1.54, 1.807) is 0 Å². The van der Waals surface area contributed by atoms with Crippen LogP contribution in [-0.2, 0) is 19.4 Å². The van der Waals surface area contributed by atoms with E-state index in [9.17, 15) is 0 Å². The Balaban J connectivity index is 1.17. The van der Waals surface area contributed by atoms with Crippen LogP contribution < -0.4 is 5.32 Å². The second kappa shape index (κ2) is 10.4. The van der Waals surface area contributed by atoms with E-state index in [1.165, 1.54) is 53.5 Å². The number of benzene rings is 3. The third-order valence-corrected chi connectivity index (χ3v) is 8.49. The zero-order valence-electron chi connectivity index (χ0n) is 21.8. The van der Waals surface area contributed by atoms with E-state index in [0.29, 0.717) is 12.1 Å². The highest BCUT2D eigenvalue weighted by atomic mass is 35.5. The van der Waals surface area contributed by atoms with Gasteiger partial charge in [-0.15, -0.1) is 0 Å². The zero-order valence-corrected chi connectivity index (χ0v) is 22.6. The summed E-state index contributed by atoms with van der Waals surface area (Å²) in [6.07, 6.45) is 7.12. The van der Waals surface area contributed by atoms with Crippen molar-refractivity contribution >= 4 is 28.5 Å². The summed E-state index contributed by atoms with van der Waals surface area (Å²) < 4.78 is 0. The third-order valence-electron chi connectivity index (χ3n) is 8.24. The van der Waals surface area contributed by atoms with Crippen LogP contribution in [0, 0.1) is 6.92 Å². The van der Waals surface area contributed by atoms with E-state index >= 15 is 0 Å². The van der Waals surface area contributed by atoms with E-state index in [4.69, 9.17) is 21.6 Å². The largest absolute Gasteiger partial charge is 0.351 e. The van der Waals surface area contributed by atoms with Gasteiger partial charge in [-0.25, -0.2) is 9.97 Å². The molecule has 190 valence electrons. The highest BCUT2D eigenvalue weighted by Gasteiger charge is 2.26. The number of likely N-dealkylation sites (tertiary alicyclic amines) is 1. The van der Waals surface area contributed by atoms with Crippen LogP contribution in [-0.4, -0.2) is 33.5 Å². The molecular weight excluding hydrogens is 476 g/mol. The minimum Gasteiger partial charge on any atom is -0.351 e. The van der Waals surface area contributed by atoms with Crippen LogP contribution in [0.5, 0.6) is 0 Å². The van der Waals surface area contributed by atoms with Crippen molar-refractivity contribution in [3.8, 4) is 11.1 Å². The molecule has 1 aliphatic heterocycles. The van der Waals surface area contributed by atoms with Crippen molar-refractivity contribution in [2.75, 3.05) is 11.9 Å². The molecule has 4 aromatic rings. The lowest BCUT2D eigenvalue weighted by Crippen LogP contribution is -2.44. The Morgan fingerprint density at radius 3 is 2.68 bits per heavy atom. The number of nitrogens with one attached hydrogen (secondary N) is 1. The Hall–Kier alpha value is -2.95. The number of hydrogen-bond donors (Lipinski definition) is 1. The molecule has 0 unspecified atom stereocenters. The number of aryl methyl sites for hydroxylation is 2. The summed E-state index contributed by atoms with van der Waals surface area (Å²) in [5.41, 5.74) is 9.06. The van der Waals surface area contributed by atoms with E-state index in [2.05, 4.69) is 72.6 Å². The number of rotatable bonds is 5. The van der Waals surface area contributed by atoms with Crippen LogP contribution in [0.25, 0.3) is 22.0 Å². The molecular formula is C32H35ClN4. The van der Waals surface area contributed by atoms with E-state index in [-0.39, 0.29) is 0 Å².